The van der Waals surface area contributed by atoms with E-state index in [-0.39, 0.29) is 5.41 Å². The minimum atomic E-state index is 0.0328. The summed E-state index contributed by atoms with van der Waals surface area (Å²) in [6.07, 6.45) is 3.34. The summed E-state index contributed by atoms with van der Waals surface area (Å²) in [6, 6.07) is 0. The number of aromatic nitrogens is 4. The van der Waals surface area contributed by atoms with Crippen LogP contribution in [0.2, 0.25) is 0 Å². The van der Waals surface area contributed by atoms with Crippen molar-refractivity contribution in [1.29, 1.82) is 0 Å². The van der Waals surface area contributed by atoms with Gasteiger partial charge < -0.3 is 0 Å². The number of H-pyrrole nitrogens is 1. The highest BCUT2D eigenvalue weighted by Gasteiger charge is 2.19. The summed E-state index contributed by atoms with van der Waals surface area (Å²) in [6.45, 7) is 10.4. The van der Waals surface area contributed by atoms with Gasteiger partial charge in [-0.2, -0.15) is 5.10 Å². The van der Waals surface area contributed by atoms with Crippen molar-refractivity contribution >= 4 is 11.0 Å². The van der Waals surface area contributed by atoms with Crippen LogP contribution in [0.5, 0.6) is 0 Å². The van der Waals surface area contributed by atoms with Crippen molar-refractivity contribution in [2.45, 2.75) is 40.0 Å². The maximum atomic E-state index is 4.28. The molecule has 0 bridgehead atoms. The summed E-state index contributed by atoms with van der Waals surface area (Å²) in [5.41, 5.74) is 1.87. The van der Waals surface area contributed by atoms with Gasteiger partial charge in [-0.25, -0.2) is 9.97 Å². The van der Waals surface area contributed by atoms with E-state index in [0.29, 0.717) is 0 Å². The number of fused-ring (bicyclic) bond motifs is 1. The van der Waals surface area contributed by atoms with Gasteiger partial charge in [-0.15, -0.1) is 0 Å². The molecule has 1 N–H and O–H groups in total. The van der Waals surface area contributed by atoms with Crippen LogP contribution in [-0.2, 0) is 5.41 Å². The van der Waals surface area contributed by atoms with Gasteiger partial charge in [-0.05, 0) is 0 Å². The van der Waals surface area contributed by atoms with Crippen LogP contribution in [0.1, 0.15) is 40.3 Å². The van der Waals surface area contributed by atoms with Crippen LogP contribution in [0.3, 0.4) is 0 Å². The number of rotatable bonds is 0. The van der Waals surface area contributed by atoms with E-state index in [1.165, 1.54) is 0 Å². The van der Waals surface area contributed by atoms with Gasteiger partial charge in [0.2, 0.25) is 0 Å². The van der Waals surface area contributed by atoms with Crippen LogP contribution >= 0.6 is 0 Å². The number of nitrogens with one attached hydrogen (secondary N) is 1. The number of hydrogen-bond acceptors (Lipinski definition) is 3. The Hall–Kier alpha value is -1.45. The molecule has 15 heavy (non-hydrogen) atoms. The lowest BCUT2D eigenvalue weighted by atomic mass is 9.90. The highest BCUT2D eigenvalue weighted by molar-refractivity contribution is 5.77. The number of nitrogens with zero attached hydrogens (tertiary/aromatic N) is 3. The number of aromatic amines is 1. The Bertz CT molecular complexity index is 425. The van der Waals surface area contributed by atoms with Crippen LogP contribution < -0.4 is 0 Å². The first-order chi connectivity index (χ1) is 7.09. The van der Waals surface area contributed by atoms with E-state index >= 15 is 0 Å². The molecule has 2 aromatic heterocycles. The fourth-order valence-corrected chi connectivity index (χ4v) is 1.36. The van der Waals surface area contributed by atoms with E-state index in [2.05, 4.69) is 40.9 Å². The minimum absolute atomic E-state index is 0.0328. The largest absolute Gasteiger partial charge is 0.261 e. The predicted molar refractivity (Wildman–Crippen MR) is 61.7 cm³/mol. The minimum Gasteiger partial charge on any atom is -0.261 e. The van der Waals surface area contributed by atoms with Crippen LogP contribution in [0.25, 0.3) is 11.0 Å². The van der Waals surface area contributed by atoms with Crippen LogP contribution in [0, 0.1) is 0 Å². The van der Waals surface area contributed by atoms with E-state index < -0.39 is 0 Å². The first-order valence-electron chi connectivity index (χ1n) is 5.23. The number of hydrogen-bond donors (Lipinski definition) is 1. The molecule has 4 nitrogen and oxygen atoms in total. The van der Waals surface area contributed by atoms with E-state index in [4.69, 9.17) is 0 Å². The van der Waals surface area contributed by atoms with Crippen molar-refractivity contribution < 1.29 is 0 Å². The summed E-state index contributed by atoms with van der Waals surface area (Å²) in [5.74, 6) is 0. The maximum Gasteiger partial charge on any atom is 0.158 e. The zero-order valence-corrected chi connectivity index (χ0v) is 10.00. The van der Waals surface area contributed by atoms with Gasteiger partial charge >= 0.3 is 0 Å². The zero-order valence-electron chi connectivity index (χ0n) is 10.00. The summed E-state index contributed by atoms with van der Waals surface area (Å²) in [5, 5.41) is 7.79. The Morgan fingerprint density at radius 1 is 1.13 bits per heavy atom. The molecule has 0 radical (unpaired) electrons. The predicted octanol–water partition coefficient (Wildman–Crippen LogP) is 2.68. The molecule has 0 aliphatic carbocycles. The van der Waals surface area contributed by atoms with E-state index in [1.807, 2.05) is 13.8 Å². The fourth-order valence-electron chi connectivity index (χ4n) is 1.36. The molecule has 2 heterocycles. The van der Waals surface area contributed by atoms with Crippen LogP contribution in [0.4, 0.5) is 0 Å². The molecular formula is C11H18N4. The average molecular weight is 206 g/mol. The SMILES string of the molecule is CC.CC(C)(C)c1ncnc2[nH]ncc12. The van der Waals surface area contributed by atoms with E-state index in [0.717, 1.165) is 16.7 Å². The van der Waals surface area contributed by atoms with Crippen molar-refractivity contribution in [2.24, 2.45) is 0 Å². The molecule has 0 saturated heterocycles. The smallest absolute Gasteiger partial charge is 0.158 e. The molecule has 2 rings (SSSR count). The fraction of sp³-hybridized carbons (Fsp3) is 0.545. The Kier molecular flexibility index (Phi) is 3.39. The van der Waals surface area contributed by atoms with Crippen molar-refractivity contribution in [3.63, 3.8) is 0 Å². The van der Waals surface area contributed by atoms with Crippen molar-refractivity contribution in [1.82, 2.24) is 20.2 Å². The third-order valence-corrected chi connectivity index (χ3v) is 1.96. The highest BCUT2D eigenvalue weighted by Crippen LogP contribution is 2.25. The molecule has 0 amide bonds. The average Bonchev–Trinajstić information content (AvgIpc) is 2.66. The molecular weight excluding hydrogens is 188 g/mol. The lowest BCUT2D eigenvalue weighted by Gasteiger charge is -2.17. The van der Waals surface area contributed by atoms with E-state index in [1.54, 1.807) is 12.5 Å². The highest BCUT2D eigenvalue weighted by atomic mass is 15.1. The first kappa shape index (κ1) is 11.6. The Morgan fingerprint density at radius 2 is 1.80 bits per heavy atom. The van der Waals surface area contributed by atoms with Gasteiger partial charge in [0.15, 0.2) is 5.65 Å². The van der Waals surface area contributed by atoms with Gasteiger partial charge in [0.1, 0.15) is 6.33 Å². The van der Waals surface area contributed by atoms with Gasteiger partial charge in [0.05, 0.1) is 17.3 Å². The molecule has 0 unspecified atom stereocenters. The molecule has 0 aliphatic rings. The summed E-state index contributed by atoms with van der Waals surface area (Å²) in [4.78, 5) is 8.37. The van der Waals surface area contributed by atoms with Gasteiger partial charge in [-0.1, -0.05) is 34.6 Å². The lowest BCUT2D eigenvalue weighted by molar-refractivity contribution is 0.574. The van der Waals surface area contributed by atoms with Gasteiger partial charge in [-0.3, -0.25) is 5.10 Å². The Morgan fingerprint density at radius 3 is 2.40 bits per heavy atom. The standard InChI is InChI=1S/C9H12N4.C2H6/c1-9(2,3)7-6-4-12-13-8(6)11-5-10-7;1-2/h4-5H,1-3H3,(H,10,11,12,13);1-2H3. The molecule has 0 saturated carbocycles. The first-order valence-corrected chi connectivity index (χ1v) is 5.23. The van der Waals surface area contributed by atoms with Gasteiger partial charge in [0, 0.05) is 5.41 Å². The second-order valence-corrected chi connectivity index (χ2v) is 4.10. The molecule has 0 spiro atoms. The normalized spacial score (nSPS) is 11.0. The van der Waals surface area contributed by atoms with Crippen molar-refractivity contribution in [3.05, 3.63) is 18.2 Å². The third-order valence-electron chi connectivity index (χ3n) is 1.96. The molecule has 0 atom stereocenters. The van der Waals surface area contributed by atoms with Crippen molar-refractivity contribution in [2.75, 3.05) is 0 Å². The van der Waals surface area contributed by atoms with Crippen LogP contribution in [0.15, 0.2) is 12.5 Å². The van der Waals surface area contributed by atoms with Crippen molar-refractivity contribution in [3.8, 4) is 0 Å². The monoisotopic (exact) mass is 206 g/mol. The second-order valence-electron chi connectivity index (χ2n) is 4.10. The molecule has 82 valence electrons. The second kappa shape index (κ2) is 4.38. The maximum absolute atomic E-state index is 4.28. The summed E-state index contributed by atoms with van der Waals surface area (Å²) < 4.78 is 0. The van der Waals surface area contributed by atoms with Gasteiger partial charge in [0.25, 0.3) is 0 Å². The Balaban J connectivity index is 0.000000531. The molecule has 0 aromatic carbocycles. The zero-order chi connectivity index (χ0) is 11.5. The quantitative estimate of drug-likeness (QED) is 0.721. The Labute approximate surface area is 90.1 Å². The summed E-state index contributed by atoms with van der Waals surface area (Å²) in [7, 11) is 0. The topological polar surface area (TPSA) is 54.5 Å². The lowest BCUT2D eigenvalue weighted by Crippen LogP contribution is -2.13. The third kappa shape index (κ3) is 2.32. The van der Waals surface area contributed by atoms with Crippen LogP contribution in [-0.4, -0.2) is 20.2 Å². The van der Waals surface area contributed by atoms with E-state index in [9.17, 15) is 0 Å². The molecule has 2 aromatic rings. The molecule has 0 fully saturated rings. The molecule has 4 heteroatoms. The molecule has 0 aliphatic heterocycles. The summed E-state index contributed by atoms with van der Waals surface area (Å²) >= 11 is 0.